The van der Waals surface area contributed by atoms with Crippen LogP contribution in [0.1, 0.15) is 12.5 Å². The number of nitrogens with zero attached hydrogens (tertiary/aromatic N) is 3. The highest BCUT2D eigenvalue weighted by molar-refractivity contribution is 7.99. The number of thioether (sulfide) groups is 1. The van der Waals surface area contributed by atoms with E-state index in [-0.39, 0.29) is 24.1 Å². The number of thiophene rings is 1. The summed E-state index contributed by atoms with van der Waals surface area (Å²) in [5.74, 6) is 0.198. The van der Waals surface area contributed by atoms with Gasteiger partial charge in [0.1, 0.15) is 12.4 Å². The van der Waals surface area contributed by atoms with Crippen molar-refractivity contribution < 1.29 is 13.9 Å². The molecule has 0 radical (unpaired) electrons. The van der Waals surface area contributed by atoms with Crippen LogP contribution in [-0.4, -0.2) is 26.5 Å². The Hall–Kier alpha value is -2.19. The maximum absolute atomic E-state index is 13.1. The number of rotatable bonds is 7. The molecule has 0 atom stereocenters. The highest BCUT2D eigenvalue weighted by Gasteiger charge is 2.15. The monoisotopic (exact) mass is 377 g/mol. The van der Waals surface area contributed by atoms with Gasteiger partial charge in [-0.2, -0.15) is 0 Å². The molecule has 8 heteroatoms. The predicted octanol–water partition coefficient (Wildman–Crippen LogP) is 4.00. The van der Waals surface area contributed by atoms with Crippen LogP contribution in [0.4, 0.5) is 4.39 Å². The molecule has 0 bridgehead atoms. The van der Waals surface area contributed by atoms with Crippen LogP contribution in [0.25, 0.3) is 10.7 Å². The Balaban J connectivity index is 1.57. The lowest BCUT2D eigenvalue weighted by Gasteiger charge is -2.07. The summed E-state index contributed by atoms with van der Waals surface area (Å²) < 4.78 is 20.2. The van der Waals surface area contributed by atoms with Crippen molar-refractivity contribution >= 4 is 29.1 Å². The van der Waals surface area contributed by atoms with E-state index in [0.717, 1.165) is 10.7 Å². The second-order valence-corrected chi connectivity index (χ2v) is 7.00. The molecule has 5 nitrogen and oxygen atoms in total. The smallest absolute Gasteiger partial charge is 0.316 e. The number of carbonyl (C=O) groups is 1. The SMILES string of the molecule is CCn1c(SCC(=O)OCc2cccc(F)c2)nnc1-c1cccs1. The summed E-state index contributed by atoms with van der Waals surface area (Å²) in [5.41, 5.74) is 0.620. The van der Waals surface area contributed by atoms with Crippen LogP contribution in [0, 0.1) is 5.82 Å². The highest BCUT2D eigenvalue weighted by Crippen LogP contribution is 2.27. The quantitative estimate of drug-likeness (QED) is 0.460. The molecular weight excluding hydrogens is 361 g/mol. The van der Waals surface area contributed by atoms with E-state index in [9.17, 15) is 9.18 Å². The first kappa shape index (κ1) is 17.6. The van der Waals surface area contributed by atoms with Crippen LogP contribution in [0.3, 0.4) is 0 Å². The van der Waals surface area contributed by atoms with Crippen molar-refractivity contribution in [3.63, 3.8) is 0 Å². The molecule has 3 aromatic rings. The summed E-state index contributed by atoms with van der Waals surface area (Å²) in [6.07, 6.45) is 0. The number of ether oxygens (including phenoxy) is 1. The van der Waals surface area contributed by atoms with Crippen LogP contribution in [-0.2, 0) is 22.7 Å². The summed E-state index contributed by atoms with van der Waals surface area (Å²) in [6, 6.07) is 9.95. The van der Waals surface area contributed by atoms with Gasteiger partial charge in [-0.15, -0.1) is 21.5 Å². The average molecular weight is 377 g/mol. The Kier molecular flexibility index (Phi) is 5.83. The molecule has 0 amide bonds. The maximum atomic E-state index is 13.1. The zero-order valence-electron chi connectivity index (χ0n) is 13.5. The largest absolute Gasteiger partial charge is 0.460 e. The lowest BCUT2D eigenvalue weighted by Crippen LogP contribution is -2.08. The lowest BCUT2D eigenvalue weighted by atomic mass is 10.2. The number of hydrogen-bond acceptors (Lipinski definition) is 6. The van der Waals surface area contributed by atoms with Gasteiger partial charge in [0.05, 0.1) is 10.6 Å². The van der Waals surface area contributed by atoms with Crippen LogP contribution >= 0.6 is 23.1 Å². The number of aromatic nitrogens is 3. The molecule has 0 saturated heterocycles. The topological polar surface area (TPSA) is 57.0 Å². The Morgan fingerprint density at radius 1 is 1.32 bits per heavy atom. The molecule has 0 aliphatic carbocycles. The molecule has 0 aliphatic heterocycles. The average Bonchev–Trinajstić information content (AvgIpc) is 3.27. The van der Waals surface area contributed by atoms with E-state index in [1.54, 1.807) is 23.5 Å². The third kappa shape index (κ3) is 4.46. The summed E-state index contributed by atoms with van der Waals surface area (Å²) in [5, 5.41) is 11.1. The number of halogens is 1. The van der Waals surface area contributed by atoms with E-state index in [4.69, 9.17) is 4.74 Å². The van der Waals surface area contributed by atoms with Crippen LogP contribution in [0.5, 0.6) is 0 Å². The van der Waals surface area contributed by atoms with Gasteiger partial charge in [-0.1, -0.05) is 30.0 Å². The molecule has 130 valence electrons. The van der Waals surface area contributed by atoms with Crippen molar-refractivity contribution in [2.75, 3.05) is 5.75 Å². The number of esters is 1. The maximum Gasteiger partial charge on any atom is 0.316 e. The van der Waals surface area contributed by atoms with Gasteiger partial charge in [-0.25, -0.2) is 4.39 Å². The summed E-state index contributed by atoms with van der Waals surface area (Å²) >= 11 is 2.88. The fourth-order valence-corrected chi connectivity index (χ4v) is 3.74. The van der Waals surface area contributed by atoms with Crippen molar-refractivity contribution in [2.24, 2.45) is 0 Å². The predicted molar refractivity (Wildman–Crippen MR) is 95.9 cm³/mol. The minimum absolute atomic E-state index is 0.0536. The summed E-state index contributed by atoms with van der Waals surface area (Å²) in [6.45, 7) is 2.77. The van der Waals surface area contributed by atoms with Crippen molar-refractivity contribution in [3.05, 3.63) is 53.2 Å². The first-order valence-electron chi connectivity index (χ1n) is 7.67. The first-order valence-corrected chi connectivity index (χ1v) is 9.54. The molecule has 0 aliphatic rings. The third-order valence-corrected chi connectivity index (χ3v) is 5.19. The standard InChI is InChI=1S/C17H16FN3O2S2/c1-2-21-16(14-7-4-8-24-14)19-20-17(21)25-11-15(22)23-10-12-5-3-6-13(18)9-12/h3-9H,2,10-11H2,1H3. The zero-order valence-corrected chi connectivity index (χ0v) is 15.1. The molecule has 3 rings (SSSR count). The molecule has 2 aromatic heterocycles. The van der Waals surface area contributed by atoms with E-state index in [1.807, 2.05) is 29.0 Å². The van der Waals surface area contributed by atoms with Gasteiger partial charge in [-0.05, 0) is 36.1 Å². The van der Waals surface area contributed by atoms with Gasteiger partial charge in [0.2, 0.25) is 0 Å². The Morgan fingerprint density at radius 2 is 2.20 bits per heavy atom. The normalized spacial score (nSPS) is 10.8. The molecule has 1 aromatic carbocycles. The van der Waals surface area contributed by atoms with Crippen molar-refractivity contribution in [1.82, 2.24) is 14.8 Å². The van der Waals surface area contributed by atoms with E-state index in [0.29, 0.717) is 17.3 Å². The van der Waals surface area contributed by atoms with E-state index < -0.39 is 0 Å². The van der Waals surface area contributed by atoms with Gasteiger partial charge in [-0.3, -0.25) is 4.79 Å². The Bertz CT molecular complexity index is 849. The molecule has 2 heterocycles. The Morgan fingerprint density at radius 3 is 2.92 bits per heavy atom. The molecule has 0 N–H and O–H groups in total. The van der Waals surface area contributed by atoms with Gasteiger partial charge < -0.3 is 9.30 Å². The molecular formula is C17H16FN3O2S2. The number of carbonyl (C=O) groups excluding carboxylic acids is 1. The second-order valence-electron chi connectivity index (χ2n) is 5.11. The fraction of sp³-hybridized carbons (Fsp3) is 0.235. The van der Waals surface area contributed by atoms with Gasteiger partial charge in [0.25, 0.3) is 0 Å². The first-order chi connectivity index (χ1) is 12.2. The minimum atomic E-state index is -0.377. The van der Waals surface area contributed by atoms with Crippen molar-refractivity contribution in [1.29, 1.82) is 0 Å². The number of hydrogen-bond donors (Lipinski definition) is 0. The molecule has 0 unspecified atom stereocenters. The van der Waals surface area contributed by atoms with Crippen LogP contribution in [0.2, 0.25) is 0 Å². The fourth-order valence-electron chi connectivity index (χ4n) is 2.22. The van der Waals surface area contributed by atoms with Gasteiger partial charge in [0, 0.05) is 6.54 Å². The Labute approximate surface area is 152 Å². The van der Waals surface area contributed by atoms with E-state index in [1.165, 1.54) is 23.9 Å². The number of benzene rings is 1. The van der Waals surface area contributed by atoms with E-state index >= 15 is 0 Å². The highest BCUT2D eigenvalue weighted by atomic mass is 32.2. The van der Waals surface area contributed by atoms with E-state index in [2.05, 4.69) is 10.2 Å². The molecule has 25 heavy (non-hydrogen) atoms. The lowest BCUT2D eigenvalue weighted by molar-refractivity contribution is -0.141. The second kappa shape index (κ2) is 8.26. The minimum Gasteiger partial charge on any atom is -0.460 e. The molecule has 0 spiro atoms. The van der Waals surface area contributed by atoms with Gasteiger partial charge in [0.15, 0.2) is 11.0 Å². The summed E-state index contributed by atoms with van der Waals surface area (Å²) in [4.78, 5) is 13.0. The zero-order chi connectivity index (χ0) is 17.6. The van der Waals surface area contributed by atoms with Crippen LogP contribution in [0.15, 0.2) is 46.9 Å². The van der Waals surface area contributed by atoms with Crippen molar-refractivity contribution in [3.8, 4) is 10.7 Å². The molecule has 0 fully saturated rings. The van der Waals surface area contributed by atoms with Crippen LogP contribution < -0.4 is 0 Å². The third-order valence-electron chi connectivity index (χ3n) is 3.38. The molecule has 0 saturated carbocycles. The summed E-state index contributed by atoms with van der Waals surface area (Å²) in [7, 11) is 0. The van der Waals surface area contributed by atoms with Gasteiger partial charge >= 0.3 is 5.97 Å². The van der Waals surface area contributed by atoms with Crippen molar-refractivity contribution in [2.45, 2.75) is 25.2 Å².